The number of alkyl carbamates (subject to hydrolysis) is 1. The van der Waals surface area contributed by atoms with Crippen molar-refractivity contribution in [1.29, 1.82) is 0 Å². The Balaban J connectivity index is 1.09. The number of fused-ring (bicyclic) bond motifs is 1. The van der Waals surface area contributed by atoms with Crippen molar-refractivity contribution in [2.75, 3.05) is 25.0 Å². The number of esters is 1. The molecule has 0 unspecified atom stereocenters. The number of benzene rings is 2. The van der Waals surface area contributed by atoms with Crippen LogP contribution in [0.1, 0.15) is 11.8 Å². The number of imidazole rings is 1. The predicted octanol–water partition coefficient (Wildman–Crippen LogP) is 0.683. The zero-order valence-corrected chi connectivity index (χ0v) is 23.9. The summed E-state index contributed by atoms with van der Waals surface area (Å²) in [4.78, 5) is 59.0. The Hall–Kier alpha value is -5.72. The first-order valence-electron chi connectivity index (χ1n) is 13.8. The summed E-state index contributed by atoms with van der Waals surface area (Å²) in [7, 11) is 0. The minimum atomic E-state index is -1.45. The SMILES string of the molecule is O=C(CNC(=O)OCc1ccccc1)NCC(=O)OC[C@H]1O[C@@H](n2cnc3c(Nc4ccc([N+](=O)[O-])cc4)ncnc32)[C@H](O)[C@@H]1O. The Kier molecular flexibility index (Phi) is 9.90. The van der Waals surface area contributed by atoms with Crippen LogP contribution in [0.5, 0.6) is 0 Å². The van der Waals surface area contributed by atoms with Crippen LogP contribution in [0.3, 0.4) is 0 Å². The minimum Gasteiger partial charge on any atom is -0.461 e. The molecular weight excluding hydrogens is 608 g/mol. The average molecular weight is 637 g/mol. The summed E-state index contributed by atoms with van der Waals surface area (Å²) in [6.45, 7) is -1.38. The number of anilines is 2. The number of ether oxygens (including phenoxy) is 3. The van der Waals surface area contributed by atoms with Gasteiger partial charge in [0.25, 0.3) is 5.69 Å². The number of carbonyl (C=O) groups excluding carboxylic acids is 3. The van der Waals surface area contributed by atoms with Crippen molar-refractivity contribution in [1.82, 2.24) is 30.2 Å². The molecule has 46 heavy (non-hydrogen) atoms. The molecule has 0 bridgehead atoms. The lowest BCUT2D eigenvalue weighted by Crippen LogP contribution is -2.40. The number of nitro groups is 1. The van der Waals surface area contributed by atoms with Gasteiger partial charge >= 0.3 is 12.1 Å². The van der Waals surface area contributed by atoms with Gasteiger partial charge in [-0.3, -0.25) is 24.3 Å². The van der Waals surface area contributed by atoms with Crippen LogP contribution in [0.15, 0.2) is 67.3 Å². The lowest BCUT2D eigenvalue weighted by molar-refractivity contribution is -0.384. The van der Waals surface area contributed by atoms with Crippen molar-refractivity contribution in [3.8, 4) is 0 Å². The third-order valence-electron chi connectivity index (χ3n) is 6.76. The van der Waals surface area contributed by atoms with Crippen molar-refractivity contribution in [3.63, 3.8) is 0 Å². The van der Waals surface area contributed by atoms with Gasteiger partial charge in [-0.15, -0.1) is 0 Å². The van der Waals surface area contributed by atoms with Gasteiger partial charge < -0.3 is 40.4 Å². The number of non-ortho nitro benzene ring substituents is 1. The monoisotopic (exact) mass is 636 g/mol. The number of nitrogens with one attached hydrogen (secondary N) is 3. The van der Waals surface area contributed by atoms with Crippen LogP contribution in [-0.2, 0) is 30.4 Å². The maximum Gasteiger partial charge on any atom is 0.407 e. The van der Waals surface area contributed by atoms with E-state index in [4.69, 9.17) is 14.2 Å². The van der Waals surface area contributed by atoms with E-state index in [1.807, 2.05) is 6.07 Å². The van der Waals surface area contributed by atoms with E-state index >= 15 is 0 Å². The second-order valence-corrected chi connectivity index (χ2v) is 9.90. The van der Waals surface area contributed by atoms with E-state index in [1.54, 1.807) is 24.3 Å². The second kappa shape index (κ2) is 14.4. The molecule has 5 rings (SSSR count). The van der Waals surface area contributed by atoms with Gasteiger partial charge in [-0.05, 0) is 17.7 Å². The Bertz CT molecular complexity index is 1700. The highest BCUT2D eigenvalue weighted by molar-refractivity contribution is 5.86. The summed E-state index contributed by atoms with van der Waals surface area (Å²) < 4.78 is 17.3. The van der Waals surface area contributed by atoms with Gasteiger partial charge in [-0.25, -0.2) is 19.7 Å². The second-order valence-electron chi connectivity index (χ2n) is 9.90. The molecule has 0 spiro atoms. The molecule has 1 aliphatic heterocycles. The number of amides is 2. The molecule has 0 aliphatic carbocycles. The van der Waals surface area contributed by atoms with Crippen LogP contribution < -0.4 is 16.0 Å². The molecule has 1 saturated heterocycles. The number of nitro benzene ring substituents is 1. The molecule has 2 aromatic carbocycles. The lowest BCUT2D eigenvalue weighted by Gasteiger charge is -2.16. The normalized spacial score (nSPS) is 18.9. The molecule has 1 aliphatic rings. The molecule has 2 amide bonds. The fourth-order valence-corrected chi connectivity index (χ4v) is 4.42. The Morgan fingerprint density at radius 2 is 1.72 bits per heavy atom. The predicted molar refractivity (Wildman–Crippen MR) is 156 cm³/mol. The Morgan fingerprint density at radius 3 is 2.46 bits per heavy atom. The van der Waals surface area contributed by atoms with Crippen LogP contribution in [0.4, 0.5) is 22.0 Å². The number of rotatable bonds is 12. The van der Waals surface area contributed by atoms with Crippen LogP contribution in [0, 0.1) is 10.1 Å². The first kappa shape index (κ1) is 31.7. The third kappa shape index (κ3) is 7.67. The number of hydrogen-bond acceptors (Lipinski definition) is 14. The molecule has 0 radical (unpaired) electrons. The van der Waals surface area contributed by atoms with Crippen molar-refractivity contribution in [3.05, 3.63) is 82.9 Å². The Labute approximate surface area is 259 Å². The van der Waals surface area contributed by atoms with Crippen molar-refractivity contribution < 1.29 is 43.7 Å². The van der Waals surface area contributed by atoms with E-state index in [2.05, 4.69) is 30.9 Å². The third-order valence-corrected chi connectivity index (χ3v) is 6.76. The Morgan fingerprint density at radius 1 is 0.957 bits per heavy atom. The van der Waals surface area contributed by atoms with Gasteiger partial charge in [0.2, 0.25) is 5.91 Å². The highest BCUT2D eigenvalue weighted by Crippen LogP contribution is 2.33. The zero-order chi connectivity index (χ0) is 32.6. The highest BCUT2D eigenvalue weighted by atomic mass is 16.6. The van der Waals surface area contributed by atoms with E-state index in [1.165, 1.54) is 41.5 Å². The van der Waals surface area contributed by atoms with Crippen LogP contribution >= 0.6 is 0 Å². The average Bonchev–Trinajstić information content (AvgIpc) is 3.62. The van der Waals surface area contributed by atoms with Crippen LogP contribution in [-0.4, -0.2) is 90.6 Å². The zero-order valence-electron chi connectivity index (χ0n) is 23.9. The minimum absolute atomic E-state index is 0.0264. The van der Waals surface area contributed by atoms with Gasteiger partial charge in [0.05, 0.1) is 11.3 Å². The molecule has 5 N–H and O–H groups in total. The molecule has 240 valence electrons. The molecule has 2 aromatic heterocycles. The largest absolute Gasteiger partial charge is 0.461 e. The number of hydrogen-bond donors (Lipinski definition) is 5. The molecule has 3 heterocycles. The van der Waals surface area contributed by atoms with Crippen molar-refractivity contribution >= 4 is 46.3 Å². The number of aliphatic hydroxyl groups is 2. The smallest absolute Gasteiger partial charge is 0.407 e. The van der Waals surface area contributed by atoms with E-state index in [-0.39, 0.29) is 29.3 Å². The van der Waals surface area contributed by atoms with Gasteiger partial charge in [0.15, 0.2) is 23.2 Å². The molecule has 18 nitrogen and oxygen atoms in total. The van der Waals surface area contributed by atoms with Crippen LogP contribution in [0.25, 0.3) is 11.2 Å². The summed E-state index contributed by atoms with van der Waals surface area (Å²) in [5.41, 5.74) is 1.73. The molecule has 4 atom stereocenters. The quantitative estimate of drug-likeness (QED) is 0.0816. The lowest BCUT2D eigenvalue weighted by atomic mass is 10.1. The summed E-state index contributed by atoms with van der Waals surface area (Å²) in [6.07, 6.45) is -3.42. The number of nitrogens with zero attached hydrogens (tertiary/aromatic N) is 5. The van der Waals surface area contributed by atoms with E-state index < -0.39 is 67.1 Å². The maximum atomic E-state index is 12.2. The number of aliphatic hydroxyl groups excluding tert-OH is 2. The highest BCUT2D eigenvalue weighted by Gasteiger charge is 2.45. The number of carbonyl (C=O) groups is 3. The summed E-state index contributed by atoms with van der Waals surface area (Å²) in [6, 6.07) is 14.6. The van der Waals surface area contributed by atoms with E-state index in [0.29, 0.717) is 5.69 Å². The molecule has 0 saturated carbocycles. The van der Waals surface area contributed by atoms with Gasteiger partial charge in [0.1, 0.15) is 50.9 Å². The molecular formula is C28H28N8O10. The van der Waals surface area contributed by atoms with Gasteiger partial charge in [0, 0.05) is 17.8 Å². The fraction of sp³-hybridized carbons (Fsp3) is 0.286. The standard InChI is InChI=1S/C28H28N8O10/c37-20(10-30-28(41)45-12-16-4-2-1-3-5-16)29-11-21(38)44-13-19-23(39)24(40)27(46-19)35-15-33-22-25(31-14-32-26(22)35)34-17-6-8-18(9-7-17)36(42)43/h1-9,14-15,19,23-24,27,39-40H,10-13H2,(H,29,37)(H,30,41)(H,31,32,34)/t19-,23-,24-,27-/m1/s1. The first-order valence-corrected chi connectivity index (χ1v) is 13.8. The maximum absolute atomic E-state index is 12.2. The fourth-order valence-electron chi connectivity index (χ4n) is 4.42. The molecule has 4 aromatic rings. The van der Waals surface area contributed by atoms with Crippen molar-refractivity contribution in [2.24, 2.45) is 0 Å². The van der Waals surface area contributed by atoms with E-state index in [9.17, 15) is 34.7 Å². The van der Waals surface area contributed by atoms with Gasteiger partial charge in [-0.2, -0.15) is 0 Å². The number of aromatic nitrogens is 4. The topological polar surface area (TPSA) is 242 Å². The van der Waals surface area contributed by atoms with E-state index in [0.717, 1.165) is 5.56 Å². The van der Waals surface area contributed by atoms with Gasteiger partial charge in [-0.1, -0.05) is 30.3 Å². The van der Waals surface area contributed by atoms with Crippen LogP contribution in [0.2, 0.25) is 0 Å². The summed E-state index contributed by atoms with van der Waals surface area (Å²) in [5, 5.41) is 39.7. The first-order chi connectivity index (χ1) is 22.2. The molecule has 18 heteroatoms. The summed E-state index contributed by atoms with van der Waals surface area (Å²) in [5.74, 6) is -1.24. The molecule has 1 fully saturated rings. The summed E-state index contributed by atoms with van der Waals surface area (Å²) >= 11 is 0. The van der Waals surface area contributed by atoms with Crippen molar-refractivity contribution in [2.45, 2.75) is 31.1 Å².